The van der Waals surface area contributed by atoms with Gasteiger partial charge in [-0.2, -0.15) is 0 Å². The molecule has 0 fully saturated rings. The Kier molecular flexibility index (Phi) is 693. The van der Waals surface area contributed by atoms with Crippen LogP contribution in [0.25, 0.3) is 0 Å². The van der Waals surface area contributed by atoms with Crippen LogP contribution in [0.3, 0.4) is 0 Å². The molecule has 0 amide bonds. The van der Waals surface area contributed by atoms with Gasteiger partial charge in [0.15, 0.2) is 0 Å². The minimum atomic E-state index is 0. The van der Waals surface area contributed by atoms with E-state index in [9.17, 15) is 0 Å². The fraction of sp³-hybridized carbons (Fsp3) is 0. The van der Waals surface area contributed by atoms with Crippen LogP contribution in [-0.2, 0) is 19.5 Å². The van der Waals surface area contributed by atoms with Gasteiger partial charge in [-0.1, -0.05) is 0 Å². The van der Waals surface area contributed by atoms with Crippen LogP contribution in [0.2, 0.25) is 0 Å². The van der Waals surface area contributed by atoms with Gasteiger partial charge in [0.1, 0.15) is 0 Å². The molecule has 0 aromatic rings. The molecule has 0 saturated carbocycles. The number of rotatable bonds is 0. The van der Waals surface area contributed by atoms with Crippen molar-refractivity contribution in [2.45, 2.75) is 0 Å². The number of hydrogen-bond donors (Lipinski definition) is 1. The summed E-state index contributed by atoms with van der Waals surface area (Å²) >= 11 is 0. The van der Waals surface area contributed by atoms with Crippen molar-refractivity contribution in [1.82, 2.24) is 6.15 Å². The van der Waals surface area contributed by atoms with Crippen molar-refractivity contribution in [1.29, 1.82) is 0 Å². The average Bonchev–Trinajstić information content (AvgIpc) is 1.92. The molecule has 0 bridgehead atoms. The Labute approximate surface area is 88.2 Å². The van der Waals surface area contributed by atoms with Crippen molar-refractivity contribution in [3.63, 3.8) is 0 Å². The van der Waals surface area contributed by atoms with E-state index in [0.717, 1.165) is 21.4 Å². The zero-order chi connectivity index (χ0) is 10.8. The second-order valence-corrected chi connectivity index (χ2v) is 0.298. The Morgan fingerprint density at radius 3 is 0.571 bits per heavy atom. The molecule has 0 aromatic heterocycles. The van der Waals surface area contributed by atoms with Gasteiger partial charge in [0.25, 0.3) is 0 Å². The van der Waals surface area contributed by atoms with Crippen LogP contribution >= 0.6 is 0 Å². The summed E-state index contributed by atoms with van der Waals surface area (Å²) in [5, 5.41) is 36.0. The monoisotopic (exact) mass is 305 g/mol. The molecule has 86 valence electrons. The van der Waals surface area contributed by atoms with Gasteiger partial charge in [0, 0.05) is 0 Å². The van der Waals surface area contributed by atoms with Crippen LogP contribution in [0.1, 0.15) is 0 Å². The molecule has 4 N–H and O–H groups in total. The van der Waals surface area contributed by atoms with Crippen LogP contribution < -0.4 is 6.15 Å². The van der Waals surface area contributed by atoms with Crippen molar-refractivity contribution in [3.8, 4) is 0 Å². The van der Waals surface area contributed by atoms with Crippen molar-refractivity contribution in [2.75, 3.05) is 0 Å². The van der Waals surface area contributed by atoms with E-state index < -0.39 is 0 Å². The van der Waals surface area contributed by atoms with Crippen LogP contribution in [0.5, 0.6) is 0 Å². The summed E-state index contributed by atoms with van der Waals surface area (Å²) in [7, 11) is 0. The molecular weight excluding hydrogens is 301 g/mol. The van der Waals surface area contributed by atoms with Crippen LogP contribution in [0, 0.1) is 40.5 Å². The van der Waals surface area contributed by atoms with E-state index in [1.165, 1.54) is 0 Å². The van der Waals surface area contributed by atoms with E-state index in [2.05, 4.69) is 0 Å². The third kappa shape index (κ3) is 260. The molecule has 0 radical (unpaired) electrons. The third-order valence-electron chi connectivity index (χ3n) is 0. The molecule has 14 heteroatoms. The fourth-order valence-corrected chi connectivity index (χ4v) is 0. The first-order valence-corrected chi connectivity index (χ1v) is 1.46. The summed E-state index contributed by atoms with van der Waals surface area (Å²) in [6, 6.07) is 0. The van der Waals surface area contributed by atoms with E-state index in [0.29, 0.717) is 0 Å². The predicted octanol–water partition coefficient (Wildman–Crippen LogP) is 1.38. The first kappa shape index (κ1) is 39.9. The standard InChI is InChI=1S/4HNO2.H3N.Rh/c4*2-1-3;;/h4*(H,2,3);1H3;/q;;;;;+3/p-3. The second kappa shape index (κ2) is 243. The van der Waals surface area contributed by atoms with E-state index >= 15 is 0 Å². The van der Waals surface area contributed by atoms with Gasteiger partial charge in [0.2, 0.25) is 0 Å². The molecule has 0 unspecified atom stereocenters. The largest absolute Gasteiger partial charge is 3.00 e. The zero-order valence-electron chi connectivity index (χ0n) is 6.39. The SMILES string of the molecule is O=N[O-].O=N[O-].O=N[O-].O=N[O-].[NH4+].[Rh+3]. The molecule has 0 saturated heterocycles. The van der Waals surface area contributed by atoms with Crippen LogP contribution in [0.4, 0.5) is 0 Å². The van der Waals surface area contributed by atoms with Crippen molar-refractivity contribution < 1.29 is 19.5 Å². The molecular formula is H4N5O8Rh. The van der Waals surface area contributed by atoms with Gasteiger partial charge in [0.05, 0.1) is 0 Å². The Morgan fingerprint density at radius 1 is 0.571 bits per heavy atom. The molecule has 0 atom stereocenters. The summed E-state index contributed by atoms with van der Waals surface area (Å²) in [5.41, 5.74) is 0. The fourth-order valence-electron chi connectivity index (χ4n) is 0. The van der Waals surface area contributed by atoms with E-state index in [1.54, 1.807) is 0 Å². The van der Waals surface area contributed by atoms with Crippen LogP contribution in [-0.4, -0.2) is 0 Å². The second-order valence-electron chi connectivity index (χ2n) is 0.298. The topological polar surface area (TPSA) is 246 Å². The molecule has 0 rings (SSSR count). The number of hydrogen-bond acceptors (Lipinski definition) is 12. The summed E-state index contributed by atoms with van der Waals surface area (Å²) in [4.78, 5) is 32.0. The zero-order valence-corrected chi connectivity index (χ0v) is 8.03. The third-order valence-corrected chi connectivity index (χ3v) is 0. The summed E-state index contributed by atoms with van der Waals surface area (Å²) in [5.74, 6) is 0. The van der Waals surface area contributed by atoms with Gasteiger partial charge < -0.3 is 46.6 Å². The minimum absolute atomic E-state index is 0. The maximum absolute atomic E-state index is 8.00. The number of nitrogens with zero attached hydrogens (tertiary/aromatic N) is 4. The van der Waals surface area contributed by atoms with Gasteiger partial charge in [-0.3, -0.25) is 0 Å². The quantitative estimate of drug-likeness (QED) is 0.387. The molecule has 0 aliphatic rings. The average molecular weight is 305 g/mol. The molecule has 0 heterocycles. The van der Waals surface area contributed by atoms with E-state index in [-0.39, 0.29) is 25.6 Å². The van der Waals surface area contributed by atoms with Gasteiger partial charge in [-0.25, -0.2) is 0 Å². The van der Waals surface area contributed by atoms with Gasteiger partial charge in [-0.05, 0) is 0 Å². The van der Waals surface area contributed by atoms with E-state index in [4.69, 9.17) is 40.5 Å². The maximum Gasteiger partial charge on any atom is 3.00 e. The Balaban J connectivity index is -0.0000000145. The summed E-state index contributed by atoms with van der Waals surface area (Å²) in [6.07, 6.45) is 0. The summed E-state index contributed by atoms with van der Waals surface area (Å²) < 4.78 is 0. The molecule has 0 aliphatic carbocycles. The Hall–Kier alpha value is -1.82. The molecule has 0 aliphatic heterocycles. The molecule has 14 heavy (non-hydrogen) atoms. The number of quaternary nitrogens is 1. The Bertz CT molecular complexity index is 71.7. The first-order chi connectivity index (χ1) is 5.66. The van der Waals surface area contributed by atoms with Gasteiger partial charge in [-0.15, -0.1) is 21.4 Å². The molecule has 0 aromatic carbocycles. The normalized spacial score (nSPS) is 3.43. The minimum Gasteiger partial charge on any atom is -0.444 e. The maximum atomic E-state index is 8.00. The van der Waals surface area contributed by atoms with Crippen molar-refractivity contribution in [3.05, 3.63) is 40.5 Å². The molecule has 0 spiro atoms. The molecule has 13 nitrogen and oxygen atoms in total. The van der Waals surface area contributed by atoms with Crippen molar-refractivity contribution in [2.24, 2.45) is 21.4 Å². The smallest absolute Gasteiger partial charge is 0.444 e. The van der Waals surface area contributed by atoms with Crippen LogP contribution in [0.15, 0.2) is 21.4 Å². The first-order valence-electron chi connectivity index (χ1n) is 1.46. The van der Waals surface area contributed by atoms with Crippen molar-refractivity contribution >= 4 is 0 Å². The summed E-state index contributed by atoms with van der Waals surface area (Å²) in [6.45, 7) is 0. The van der Waals surface area contributed by atoms with Gasteiger partial charge >= 0.3 is 19.5 Å². The Morgan fingerprint density at radius 2 is 0.571 bits per heavy atom. The van der Waals surface area contributed by atoms with E-state index in [1.807, 2.05) is 0 Å². The predicted molar refractivity (Wildman–Crippen MR) is 42.6 cm³/mol.